The molecule has 25 heavy (non-hydrogen) atoms. The Morgan fingerprint density at radius 3 is 2.80 bits per heavy atom. The Bertz CT molecular complexity index is 482. The van der Waals surface area contributed by atoms with E-state index in [-0.39, 0.29) is 18.4 Å². The summed E-state index contributed by atoms with van der Waals surface area (Å²) in [5, 5.41) is 29.1. The van der Waals surface area contributed by atoms with Gasteiger partial charge in [-0.25, -0.2) is 0 Å². The molecule has 3 N–H and O–H groups in total. The van der Waals surface area contributed by atoms with E-state index in [0.29, 0.717) is 18.3 Å². The Labute approximate surface area is 151 Å². The van der Waals surface area contributed by atoms with Crippen LogP contribution in [0.5, 0.6) is 0 Å². The minimum absolute atomic E-state index is 0.149. The molecule has 2 aliphatic carbocycles. The maximum absolute atomic E-state index is 10.6. The van der Waals surface area contributed by atoms with Gasteiger partial charge in [0.25, 0.3) is 0 Å². The van der Waals surface area contributed by atoms with Crippen molar-refractivity contribution < 1.29 is 20.1 Å². The van der Waals surface area contributed by atoms with Gasteiger partial charge in [-0.3, -0.25) is 4.79 Å². The minimum Gasteiger partial charge on any atom is -0.481 e. The number of fused-ring (bicyclic) bond motifs is 1. The first kappa shape index (κ1) is 20.2. The van der Waals surface area contributed by atoms with Crippen molar-refractivity contribution >= 4 is 5.97 Å². The number of aliphatic carboxylic acids is 1. The molecule has 0 heterocycles. The lowest BCUT2D eigenvalue weighted by Gasteiger charge is -2.17. The summed E-state index contributed by atoms with van der Waals surface area (Å²) in [5.74, 6) is 0.427. The summed E-state index contributed by atoms with van der Waals surface area (Å²) < 4.78 is 0. The topological polar surface area (TPSA) is 77.8 Å². The van der Waals surface area contributed by atoms with Crippen molar-refractivity contribution in [1.82, 2.24) is 0 Å². The van der Waals surface area contributed by atoms with Crippen LogP contribution in [0.3, 0.4) is 0 Å². The number of rotatable bonds is 10. The van der Waals surface area contributed by atoms with Gasteiger partial charge >= 0.3 is 5.97 Å². The van der Waals surface area contributed by atoms with E-state index in [9.17, 15) is 15.0 Å². The molecule has 4 nitrogen and oxygen atoms in total. The predicted molar refractivity (Wildman–Crippen MR) is 99.2 cm³/mol. The number of hydrogen-bond donors (Lipinski definition) is 3. The molecular formula is C21H34O4. The molecule has 0 unspecified atom stereocenters. The standard InChI is InChI=1S/C21H34O4/c1-2-3-4-8-17(22)10-11-18-19-13-15(7-5-6-9-21(24)25)12-16(19)14-20(18)23/h7,10-11,16-20,22-23H,2-6,8-9,12-14H2,1H3,(H,24,25)/b11-10?,15-7-/t16-,17-,18+,19-,20+/m0/s1. The third-order valence-electron chi connectivity index (χ3n) is 5.80. The van der Waals surface area contributed by atoms with Crippen molar-refractivity contribution in [3.8, 4) is 0 Å². The second-order valence-corrected chi connectivity index (χ2v) is 7.81. The molecule has 2 rings (SSSR count). The highest BCUT2D eigenvalue weighted by molar-refractivity contribution is 5.66. The summed E-state index contributed by atoms with van der Waals surface area (Å²) in [6.45, 7) is 2.16. The maximum atomic E-state index is 10.6. The molecule has 2 saturated carbocycles. The Balaban J connectivity index is 1.83. The molecule has 0 aromatic carbocycles. The smallest absolute Gasteiger partial charge is 0.303 e. The first-order valence-electron chi connectivity index (χ1n) is 9.95. The molecule has 0 radical (unpaired) electrons. The van der Waals surface area contributed by atoms with Gasteiger partial charge in [0.15, 0.2) is 0 Å². The van der Waals surface area contributed by atoms with Crippen molar-refractivity contribution in [2.45, 2.75) is 83.3 Å². The van der Waals surface area contributed by atoms with Gasteiger partial charge < -0.3 is 15.3 Å². The van der Waals surface area contributed by atoms with E-state index >= 15 is 0 Å². The zero-order chi connectivity index (χ0) is 18.2. The van der Waals surface area contributed by atoms with Gasteiger partial charge in [0.05, 0.1) is 12.2 Å². The van der Waals surface area contributed by atoms with Crippen molar-refractivity contribution in [3.63, 3.8) is 0 Å². The molecule has 0 bridgehead atoms. The van der Waals surface area contributed by atoms with Crippen molar-refractivity contribution in [1.29, 1.82) is 0 Å². The highest BCUT2D eigenvalue weighted by Crippen LogP contribution is 2.50. The summed E-state index contributed by atoms with van der Waals surface area (Å²) in [7, 11) is 0. The highest BCUT2D eigenvalue weighted by Gasteiger charge is 2.44. The van der Waals surface area contributed by atoms with E-state index in [2.05, 4.69) is 19.1 Å². The van der Waals surface area contributed by atoms with Crippen LogP contribution in [0.25, 0.3) is 0 Å². The van der Waals surface area contributed by atoms with Crippen LogP contribution < -0.4 is 0 Å². The first-order valence-corrected chi connectivity index (χ1v) is 9.95. The fourth-order valence-corrected chi connectivity index (χ4v) is 4.46. The molecule has 0 amide bonds. The molecule has 0 spiro atoms. The summed E-state index contributed by atoms with van der Waals surface area (Å²) in [5.41, 5.74) is 1.43. The maximum Gasteiger partial charge on any atom is 0.303 e. The Hall–Kier alpha value is -1.13. The van der Waals surface area contributed by atoms with Crippen LogP contribution in [0, 0.1) is 17.8 Å². The number of aliphatic hydroxyl groups excluding tert-OH is 2. The van der Waals surface area contributed by atoms with Crippen LogP contribution in [-0.4, -0.2) is 33.5 Å². The van der Waals surface area contributed by atoms with Gasteiger partial charge in [0.2, 0.25) is 0 Å². The fraction of sp³-hybridized carbons (Fsp3) is 0.762. The van der Waals surface area contributed by atoms with E-state index in [0.717, 1.165) is 51.4 Å². The molecule has 0 saturated heterocycles. The zero-order valence-corrected chi connectivity index (χ0v) is 15.4. The molecule has 0 aromatic heterocycles. The Morgan fingerprint density at radius 2 is 2.08 bits per heavy atom. The SMILES string of the molecule is CCCCC[C@H](O)C=C[C@@H]1[C@H]2C/C(=C\CCCC(=O)O)C[C@H]2C[C@H]1O. The average Bonchev–Trinajstić information content (AvgIpc) is 3.06. The second-order valence-electron chi connectivity index (χ2n) is 7.81. The van der Waals surface area contributed by atoms with Gasteiger partial charge in [-0.15, -0.1) is 0 Å². The van der Waals surface area contributed by atoms with E-state index in [4.69, 9.17) is 5.11 Å². The number of hydrogen-bond acceptors (Lipinski definition) is 3. The second kappa shape index (κ2) is 10.1. The third kappa shape index (κ3) is 6.27. The largest absolute Gasteiger partial charge is 0.481 e. The Morgan fingerprint density at radius 1 is 1.28 bits per heavy atom. The van der Waals surface area contributed by atoms with Gasteiger partial charge in [-0.05, 0) is 50.4 Å². The summed E-state index contributed by atoms with van der Waals surface area (Å²) in [4.78, 5) is 10.6. The van der Waals surface area contributed by atoms with Crippen molar-refractivity contribution in [3.05, 3.63) is 23.8 Å². The normalized spacial score (nSPS) is 31.7. The van der Waals surface area contributed by atoms with Crippen LogP contribution in [0.2, 0.25) is 0 Å². The van der Waals surface area contributed by atoms with Crippen LogP contribution in [-0.2, 0) is 4.79 Å². The molecule has 0 aromatic rings. The van der Waals surface area contributed by atoms with Crippen LogP contribution in [0.1, 0.15) is 71.1 Å². The van der Waals surface area contributed by atoms with Crippen molar-refractivity contribution in [2.24, 2.45) is 17.8 Å². The zero-order valence-electron chi connectivity index (χ0n) is 15.4. The number of aliphatic hydroxyl groups is 2. The summed E-state index contributed by atoms with van der Waals surface area (Å²) >= 11 is 0. The molecular weight excluding hydrogens is 316 g/mol. The molecule has 2 aliphatic rings. The van der Waals surface area contributed by atoms with E-state index < -0.39 is 12.1 Å². The van der Waals surface area contributed by atoms with Crippen LogP contribution >= 0.6 is 0 Å². The predicted octanol–water partition coefficient (Wildman–Crippen LogP) is 4.07. The number of allylic oxidation sites excluding steroid dienone is 2. The van der Waals surface area contributed by atoms with Crippen LogP contribution in [0.4, 0.5) is 0 Å². The van der Waals surface area contributed by atoms with Crippen molar-refractivity contribution in [2.75, 3.05) is 0 Å². The van der Waals surface area contributed by atoms with E-state index in [1.54, 1.807) is 0 Å². The molecule has 5 atom stereocenters. The molecule has 4 heteroatoms. The van der Waals surface area contributed by atoms with E-state index in [1.807, 2.05) is 6.08 Å². The lowest BCUT2D eigenvalue weighted by molar-refractivity contribution is -0.137. The minimum atomic E-state index is -0.729. The fourth-order valence-electron chi connectivity index (χ4n) is 4.46. The average molecular weight is 350 g/mol. The number of carbonyl (C=O) groups is 1. The number of carboxylic acid groups (broad SMARTS) is 1. The van der Waals surface area contributed by atoms with Gasteiger partial charge in [-0.2, -0.15) is 0 Å². The summed E-state index contributed by atoms with van der Waals surface area (Å²) in [6.07, 6.45) is 14.3. The quantitative estimate of drug-likeness (QED) is 0.410. The lowest BCUT2D eigenvalue weighted by atomic mass is 9.90. The monoisotopic (exact) mass is 350 g/mol. The Kier molecular flexibility index (Phi) is 8.17. The van der Waals surface area contributed by atoms with E-state index in [1.165, 1.54) is 5.57 Å². The number of unbranched alkanes of at least 4 members (excludes halogenated alkanes) is 3. The number of carboxylic acids is 1. The highest BCUT2D eigenvalue weighted by atomic mass is 16.4. The van der Waals surface area contributed by atoms with Gasteiger partial charge in [0, 0.05) is 12.3 Å². The van der Waals surface area contributed by atoms with Crippen LogP contribution in [0.15, 0.2) is 23.8 Å². The molecule has 2 fully saturated rings. The van der Waals surface area contributed by atoms with Gasteiger partial charge in [-0.1, -0.05) is 50.0 Å². The molecule has 0 aliphatic heterocycles. The summed E-state index contributed by atoms with van der Waals surface area (Å²) in [6, 6.07) is 0. The first-order chi connectivity index (χ1) is 12.0. The lowest BCUT2D eigenvalue weighted by Crippen LogP contribution is -2.17. The molecule has 142 valence electrons. The van der Waals surface area contributed by atoms with Gasteiger partial charge in [0.1, 0.15) is 0 Å². The third-order valence-corrected chi connectivity index (χ3v) is 5.80.